The van der Waals surface area contributed by atoms with E-state index >= 15 is 0 Å². The van der Waals surface area contributed by atoms with Crippen molar-refractivity contribution in [2.24, 2.45) is 5.41 Å². The van der Waals surface area contributed by atoms with Crippen molar-refractivity contribution in [2.75, 3.05) is 47.3 Å². The molecule has 15 nitrogen and oxygen atoms in total. The number of ether oxygens (including phenoxy) is 8. The second-order valence-corrected chi connectivity index (χ2v) is 16.6. The first-order valence-corrected chi connectivity index (χ1v) is 22.8. The molecule has 0 bridgehead atoms. The molecule has 0 saturated heterocycles. The SMILES string of the molecule is C=C(C)C(=O)OCCCc1cc(-c2ccc(OC(=O)CCc3ccc(CCCCCC)cc3)cc2)ccc1OCC(COC(=O)CCC(=O)OC)(COC(=O)CCC(=O)OC)COC(=O)C(=C)C. The quantitative estimate of drug-likeness (QED) is 0.0196. The van der Waals surface area contributed by atoms with Gasteiger partial charge in [-0.1, -0.05) is 81.8 Å². The standard InChI is InChI=1S/C53H66O15/c1-8-9-10-11-13-39-15-17-40(18-16-39)19-26-50(58)68-44-23-20-41(21-24-44)42-22-25-45(43(32-42)14-12-31-63-51(59)37(2)3)64-33-53(36-67-52(60)38(4)5,34-65-48(56)29-27-46(54)61-6)35-66-49(57)30-28-47(55)62-7/h15-18,20-25,32H,2,4,8-14,19,26-31,33-36H2,1,3,5-7H3. The van der Waals surface area contributed by atoms with E-state index < -0.39 is 61.1 Å². The number of carbonyl (C=O) groups excluding carboxylic acids is 7. The van der Waals surface area contributed by atoms with Crippen LogP contribution >= 0.6 is 0 Å². The number of rotatable bonds is 31. The molecule has 0 amide bonds. The summed E-state index contributed by atoms with van der Waals surface area (Å²) in [5, 5.41) is 0. The molecule has 0 saturated carbocycles. The minimum atomic E-state index is -1.52. The zero-order chi connectivity index (χ0) is 49.9. The maximum absolute atomic E-state index is 12.8. The number of hydrogen-bond donors (Lipinski definition) is 0. The van der Waals surface area contributed by atoms with Gasteiger partial charge in [-0.3, -0.25) is 24.0 Å². The van der Waals surface area contributed by atoms with E-state index in [1.807, 2.05) is 18.2 Å². The Morgan fingerprint density at radius 2 is 1.04 bits per heavy atom. The molecule has 0 aliphatic carbocycles. The average Bonchev–Trinajstić information content (AvgIpc) is 3.34. The Kier molecular flexibility index (Phi) is 24.3. The minimum absolute atomic E-state index is 0.0731. The monoisotopic (exact) mass is 942 g/mol. The molecular formula is C53H66O15. The van der Waals surface area contributed by atoms with Crippen LogP contribution in [0, 0.1) is 5.41 Å². The Morgan fingerprint density at radius 3 is 1.60 bits per heavy atom. The molecule has 0 fully saturated rings. The van der Waals surface area contributed by atoms with Gasteiger partial charge in [0.1, 0.15) is 43.3 Å². The van der Waals surface area contributed by atoms with Gasteiger partial charge >= 0.3 is 41.8 Å². The van der Waals surface area contributed by atoms with Crippen molar-refractivity contribution in [3.63, 3.8) is 0 Å². The number of esters is 7. The summed E-state index contributed by atoms with van der Waals surface area (Å²) in [6.45, 7) is 10.7. The van der Waals surface area contributed by atoms with Crippen LogP contribution in [0.5, 0.6) is 11.5 Å². The van der Waals surface area contributed by atoms with Crippen LogP contribution in [0.25, 0.3) is 11.1 Å². The zero-order valence-corrected chi connectivity index (χ0v) is 40.1. The van der Waals surface area contributed by atoms with Crippen molar-refractivity contribution in [1.82, 2.24) is 0 Å². The summed E-state index contributed by atoms with van der Waals surface area (Å²) in [6, 6.07) is 20.9. The van der Waals surface area contributed by atoms with Gasteiger partial charge in [0, 0.05) is 17.6 Å². The topological polar surface area (TPSA) is 193 Å². The highest BCUT2D eigenvalue weighted by Gasteiger charge is 2.38. The van der Waals surface area contributed by atoms with Crippen molar-refractivity contribution in [3.8, 4) is 22.6 Å². The highest BCUT2D eigenvalue weighted by molar-refractivity contribution is 5.87. The molecule has 3 aromatic carbocycles. The predicted molar refractivity (Wildman–Crippen MR) is 252 cm³/mol. The van der Waals surface area contributed by atoms with Crippen molar-refractivity contribution in [3.05, 3.63) is 108 Å². The van der Waals surface area contributed by atoms with Crippen molar-refractivity contribution < 1.29 is 71.5 Å². The third kappa shape index (κ3) is 20.8. The Labute approximate surface area is 399 Å². The first-order valence-electron chi connectivity index (χ1n) is 22.8. The van der Waals surface area contributed by atoms with Gasteiger partial charge in [-0.2, -0.15) is 0 Å². The molecule has 0 aromatic heterocycles. The summed E-state index contributed by atoms with van der Waals surface area (Å²) in [5.41, 5.74) is 3.41. The van der Waals surface area contributed by atoms with Crippen LogP contribution < -0.4 is 9.47 Å². The van der Waals surface area contributed by atoms with Gasteiger partial charge in [0.2, 0.25) is 0 Å². The molecule has 3 aromatic rings. The average molecular weight is 943 g/mol. The number of benzene rings is 3. The van der Waals surface area contributed by atoms with Crippen LogP contribution in [0.1, 0.15) is 102 Å². The van der Waals surface area contributed by atoms with Crippen LogP contribution in [0.2, 0.25) is 0 Å². The maximum Gasteiger partial charge on any atom is 0.333 e. The first kappa shape index (κ1) is 55.6. The normalized spacial score (nSPS) is 10.8. The van der Waals surface area contributed by atoms with E-state index in [1.54, 1.807) is 31.2 Å². The number of carbonyl (C=O) groups is 7. The number of hydrogen-bond acceptors (Lipinski definition) is 15. The number of unbranched alkanes of at least 4 members (excludes halogenated alkanes) is 3. The molecular weight excluding hydrogens is 877 g/mol. The van der Waals surface area contributed by atoms with Crippen molar-refractivity contribution in [2.45, 2.75) is 104 Å². The zero-order valence-electron chi connectivity index (χ0n) is 40.1. The fourth-order valence-corrected chi connectivity index (χ4v) is 6.47. The molecule has 0 heterocycles. The summed E-state index contributed by atoms with van der Waals surface area (Å²) >= 11 is 0. The molecule has 0 radical (unpaired) electrons. The van der Waals surface area contributed by atoms with Crippen LogP contribution in [0.4, 0.5) is 0 Å². The second kappa shape index (κ2) is 29.8. The lowest BCUT2D eigenvalue weighted by atomic mass is 9.91. The fraction of sp³-hybridized carbons (Fsp3) is 0.453. The van der Waals surface area contributed by atoms with Crippen LogP contribution in [0.15, 0.2) is 91.0 Å². The van der Waals surface area contributed by atoms with Gasteiger partial charge in [-0.25, -0.2) is 9.59 Å². The number of aryl methyl sites for hydroxylation is 3. The van der Waals surface area contributed by atoms with Crippen LogP contribution in [-0.4, -0.2) is 89.0 Å². The molecule has 0 atom stereocenters. The summed E-state index contributed by atoms with van der Waals surface area (Å²) in [6.07, 6.45) is 6.23. The Morgan fingerprint density at radius 1 is 0.515 bits per heavy atom. The largest absolute Gasteiger partial charge is 0.492 e. The number of methoxy groups -OCH3 is 2. The highest BCUT2D eigenvalue weighted by Crippen LogP contribution is 2.32. The van der Waals surface area contributed by atoms with E-state index in [-0.39, 0.29) is 62.4 Å². The molecule has 0 aliphatic heterocycles. The third-order valence-electron chi connectivity index (χ3n) is 10.6. The van der Waals surface area contributed by atoms with Crippen LogP contribution in [-0.2, 0) is 81.2 Å². The smallest absolute Gasteiger partial charge is 0.333 e. The highest BCUT2D eigenvalue weighted by atomic mass is 16.6. The molecule has 0 spiro atoms. The lowest BCUT2D eigenvalue weighted by Gasteiger charge is -2.32. The van der Waals surface area contributed by atoms with E-state index in [4.69, 9.17) is 28.4 Å². The summed E-state index contributed by atoms with van der Waals surface area (Å²) in [4.78, 5) is 86.8. The van der Waals surface area contributed by atoms with E-state index in [0.717, 1.165) is 23.1 Å². The summed E-state index contributed by atoms with van der Waals surface area (Å²) in [7, 11) is 2.37. The molecule has 68 heavy (non-hydrogen) atoms. The minimum Gasteiger partial charge on any atom is -0.492 e. The Balaban J connectivity index is 1.86. The van der Waals surface area contributed by atoms with E-state index in [2.05, 4.69) is 53.8 Å². The van der Waals surface area contributed by atoms with Gasteiger partial charge in [-0.05, 0) is 98.0 Å². The Hall–Kier alpha value is -6.77. The molecule has 3 rings (SSSR count). The maximum atomic E-state index is 12.8. The van der Waals surface area contributed by atoms with Gasteiger partial charge in [0.15, 0.2) is 0 Å². The van der Waals surface area contributed by atoms with E-state index in [0.29, 0.717) is 36.3 Å². The summed E-state index contributed by atoms with van der Waals surface area (Å²) in [5.74, 6) is -3.74. The van der Waals surface area contributed by atoms with Gasteiger partial charge < -0.3 is 37.9 Å². The van der Waals surface area contributed by atoms with Crippen molar-refractivity contribution >= 4 is 41.8 Å². The molecule has 0 unspecified atom stereocenters. The second-order valence-electron chi connectivity index (χ2n) is 16.6. The molecule has 368 valence electrons. The van der Waals surface area contributed by atoms with E-state index in [1.165, 1.54) is 52.4 Å². The van der Waals surface area contributed by atoms with Crippen molar-refractivity contribution in [1.29, 1.82) is 0 Å². The van der Waals surface area contributed by atoms with E-state index in [9.17, 15) is 33.6 Å². The molecule has 15 heteroatoms. The fourth-order valence-electron chi connectivity index (χ4n) is 6.47. The van der Waals surface area contributed by atoms with Crippen LogP contribution in [0.3, 0.4) is 0 Å². The summed E-state index contributed by atoms with van der Waals surface area (Å²) < 4.78 is 43.3. The first-order chi connectivity index (χ1) is 32.6. The molecule has 0 N–H and O–H groups in total. The predicted octanol–water partition coefficient (Wildman–Crippen LogP) is 8.54. The van der Waals surface area contributed by atoms with Gasteiger partial charge in [-0.15, -0.1) is 0 Å². The lowest BCUT2D eigenvalue weighted by Crippen LogP contribution is -2.44. The van der Waals surface area contributed by atoms with Gasteiger partial charge in [0.05, 0.1) is 46.5 Å². The van der Waals surface area contributed by atoms with Gasteiger partial charge in [0.25, 0.3) is 0 Å². The lowest BCUT2D eigenvalue weighted by molar-refractivity contribution is -0.165. The molecule has 0 aliphatic rings. The third-order valence-corrected chi connectivity index (χ3v) is 10.6. The Bertz CT molecular complexity index is 2140.